The van der Waals surface area contributed by atoms with Gasteiger partial charge in [0.1, 0.15) is 6.17 Å². The molecular formula is C27H22ClFN6O. The first-order chi connectivity index (χ1) is 17.5. The number of fused-ring (bicyclic) bond motifs is 2. The third kappa shape index (κ3) is 3.93. The van der Waals surface area contributed by atoms with Crippen molar-refractivity contribution in [2.45, 2.75) is 25.2 Å². The van der Waals surface area contributed by atoms with Gasteiger partial charge in [0.05, 0.1) is 30.1 Å². The Morgan fingerprint density at radius 2 is 1.89 bits per heavy atom. The molecule has 0 radical (unpaired) electrons. The summed E-state index contributed by atoms with van der Waals surface area (Å²) in [5, 5.41) is 8.96. The van der Waals surface area contributed by atoms with Crippen molar-refractivity contribution in [3.8, 4) is 11.1 Å². The number of nitrogens with zero attached hydrogens (tertiary/aromatic N) is 5. The molecule has 2 atom stereocenters. The number of carbonyl (C=O) groups excluding carboxylic acids is 1. The number of imidazole rings is 1. The average molecular weight is 501 g/mol. The van der Waals surface area contributed by atoms with Crippen LogP contribution >= 0.6 is 11.6 Å². The van der Waals surface area contributed by atoms with E-state index in [0.29, 0.717) is 16.4 Å². The molecule has 1 unspecified atom stereocenters. The number of nitrogens with one attached hydrogen (secondary N) is 1. The van der Waals surface area contributed by atoms with Crippen molar-refractivity contribution >= 4 is 28.4 Å². The highest BCUT2D eigenvalue weighted by Crippen LogP contribution is 2.31. The Hall–Kier alpha value is -4.04. The summed E-state index contributed by atoms with van der Waals surface area (Å²) in [6.45, 7) is 0.272. The number of rotatable bonds is 5. The van der Waals surface area contributed by atoms with Crippen LogP contribution in [0.25, 0.3) is 22.0 Å². The maximum atomic E-state index is 14.1. The van der Waals surface area contributed by atoms with Crippen LogP contribution in [0.15, 0.2) is 73.3 Å². The molecule has 9 heteroatoms. The van der Waals surface area contributed by atoms with Gasteiger partial charge in [-0.25, -0.2) is 9.37 Å². The summed E-state index contributed by atoms with van der Waals surface area (Å²) in [5.41, 5.74) is 5.40. The molecule has 0 spiro atoms. The number of halogens is 2. The summed E-state index contributed by atoms with van der Waals surface area (Å²) >= 11 is 6.11. The third-order valence-electron chi connectivity index (χ3n) is 6.62. The number of benzene rings is 2. The van der Waals surface area contributed by atoms with Crippen LogP contribution in [0.3, 0.4) is 0 Å². The lowest BCUT2D eigenvalue weighted by molar-refractivity contribution is 0.0938. The van der Waals surface area contributed by atoms with Crippen LogP contribution in [-0.4, -0.2) is 36.4 Å². The van der Waals surface area contributed by atoms with Gasteiger partial charge in [0.2, 0.25) is 0 Å². The van der Waals surface area contributed by atoms with Crippen molar-refractivity contribution in [1.29, 1.82) is 0 Å². The molecule has 1 aliphatic heterocycles. The van der Waals surface area contributed by atoms with Crippen LogP contribution in [0.2, 0.25) is 5.02 Å². The number of hydrogen-bond acceptors (Lipinski definition) is 4. The molecule has 0 saturated carbocycles. The SMILES string of the molecule is Cn1nc(C(=O)NC(c2ccc(Cl)cc2)c2ncn3c2C[C@@H](F)C3)c2ccc(-c3ccncc3)cc21. The first-order valence-electron chi connectivity index (χ1n) is 11.6. The van der Waals surface area contributed by atoms with Crippen molar-refractivity contribution in [3.05, 3.63) is 101 Å². The highest BCUT2D eigenvalue weighted by Gasteiger charge is 2.31. The topological polar surface area (TPSA) is 77.6 Å². The third-order valence-corrected chi connectivity index (χ3v) is 6.87. The van der Waals surface area contributed by atoms with E-state index in [-0.39, 0.29) is 18.9 Å². The van der Waals surface area contributed by atoms with E-state index >= 15 is 0 Å². The second-order valence-electron chi connectivity index (χ2n) is 8.93. The lowest BCUT2D eigenvalue weighted by Crippen LogP contribution is -2.31. The molecule has 0 fully saturated rings. The standard InChI is InChI=1S/C27H22ClFN6O/c1-34-22-12-18(16-8-10-30-11-9-16)4-7-21(22)25(33-34)27(36)32-24(17-2-5-19(28)6-3-17)26-23-13-20(29)14-35(23)15-31-26/h2-12,15,20,24H,13-14H2,1H3,(H,32,36)/t20-,24?/m1/s1. The van der Waals surface area contributed by atoms with Gasteiger partial charge in [0.15, 0.2) is 5.69 Å². The number of hydrogen-bond donors (Lipinski definition) is 1. The number of aromatic nitrogens is 5. The molecule has 1 N–H and O–H groups in total. The first kappa shape index (κ1) is 22.4. The number of alkyl halides is 1. The molecule has 3 aromatic heterocycles. The lowest BCUT2D eigenvalue weighted by atomic mass is 10.0. The Kier molecular flexibility index (Phi) is 5.53. The molecule has 0 bridgehead atoms. The zero-order chi connectivity index (χ0) is 24.8. The van der Waals surface area contributed by atoms with Crippen molar-refractivity contribution in [3.63, 3.8) is 0 Å². The quantitative estimate of drug-likeness (QED) is 0.372. The van der Waals surface area contributed by atoms with Crippen molar-refractivity contribution in [2.75, 3.05) is 0 Å². The van der Waals surface area contributed by atoms with Crippen molar-refractivity contribution < 1.29 is 9.18 Å². The zero-order valence-corrected chi connectivity index (χ0v) is 20.2. The van der Waals surface area contributed by atoms with E-state index in [0.717, 1.165) is 33.3 Å². The van der Waals surface area contributed by atoms with E-state index < -0.39 is 12.2 Å². The molecule has 0 aliphatic carbocycles. The highest BCUT2D eigenvalue weighted by atomic mass is 35.5. The minimum atomic E-state index is -0.961. The van der Waals surface area contributed by atoms with Gasteiger partial charge in [0.25, 0.3) is 5.91 Å². The van der Waals surface area contributed by atoms with Gasteiger partial charge in [-0.3, -0.25) is 14.5 Å². The predicted molar refractivity (Wildman–Crippen MR) is 136 cm³/mol. The second-order valence-corrected chi connectivity index (χ2v) is 9.36. The smallest absolute Gasteiger partial charge is 0.273 e. The second kappa shape index (κ2) is 8.87. The van der Waals surface area contributed by atoms with Gasteiger partial charge < -0.3 is 9.88 Å². The molecule has 2 aromatic carbocycles. The number of amides is 1. The molecule has 0 saturated heterocycles. The van der Waals surface area contributed by atoms with Crippen molar-refractivity contribution in [2.24, 2.45) is 7.05 Å². The minimum Gasteiger partial charge on any atom is -0.338 e. The van der Waals surface area contributed by atoms with Crippen LogP contribution in [0.4, 0.5) is 4.39 Å². The first-order valence-corrected chi connectivity index (χ1v) is 12.0. The Morgan fingerprint density at radius 1 is 1.11 bits per heavy atom. The normalized spacial score (nSPS) is 15.7. The van der Waals surface area contributed by atoms with Crippen LogP contribution in [0, 0.1) is 0 Å². The number of pyridine rings is 1. The maximum absolute atomic E-state index is 14.1. The minimum absolute atomic E-state index is 0.263. The molecule has 1 amide bonds. The van der Waals surface area contributed by atoms with E-state index in [1.165, 1.54) is 0 Å². The fourth-order valence-electron chi connectivity index (χ4n) is 4.84. The maximum Gasteiger partial charge on any atom is 0.273 e. The summed E-state index contributed by atoms with van der Waals surface area (Å²) in [4.78, 5) is 22.2. The molecule has 7 nitrogen and oxygen atoms in total. The summed E-state index contributed by atoms with van der Waals surface area (Å²) in [6, 6.07) is 16.4. The Morgan fingerprint density at radius 3 is 2.67 bits per heavy atom. The monoisotopic (exact) mass is 500 g/mol. The lowest BCUT2D eigenvalue weighted by Gasteiger charge is -2.19. The molecule has 180 valence electrons. The van der Waals surface area contributed by atoms with E-state index in [4.69, 9.17) is 11.6 Å². The summed E-state index contributed by atoms with van der Waals surface area (Å²) in [5.74, 6) is -0.339. The summed E-state index contributed by atoms with van der Waals surface area (Å²) in [7, 11) is 1.82. The molecular weight excluding hydrogens is 479 g/mol. The van der Waals surface area contributed by atoms with E-state index in [2.05, 4.69) is 20.4 Å². The van der Waals surface area contributed by atoms with Crippen LogP contribution in [-0.2, 0) is 20.0 Å². The van der Waals surface area contributed by atoms with Gasteiger partial charge in [-0.15, -0.1) is 0 Å². The van der Waals surface area contributed by atoms with Crippen LogP contribution in [0.5, 0.6) is 0 Å². The zero-order valence-electron chi connectivity index (χ0n) is 19.4. The van der Waals surface area contributed by atoms with Gasteiger partial charge >= 0.3 is 0 Å². The van der Waals surface area contributed by atoms with Gasteiger partial charge in [-0.1, -0.05) is 29.8 Å². The highest BCUT2D eigenvalue weighted by molar-refractivity contribution is 6.30. The summed E-state index contributed by atoms with van der Waals surface area (Å²) in [6.07, 6.45) is 4.43. The van der Waals surface area contributed by atoms with Gasteiger partial charge in [-0.05, 0) is 53.1 Å². The fraction of sp³-hybridized carbons (Fsp3) is 0.185. The fourth-order valence-corrected chi connectivity index (χ4v) is 4.97. The van der Waals surface area contributed by atoms with E-state index in [9.17, 15) is 9.18 Å². The number of carbonyl (C=O) groups is 1. The Bertz CT molecular complexity index is 1580. The summed E-state index contributed by atoms with van der Waals surface area (Å²) < 4.78 is 17.7. The van der Waals surface area contributed by atoms with Gasteiger partial charge in [0, 0.05) is 42.0 Å². The van der Waals surface area contributed by atoms with Crippen LogP contribution in [0.1, 0.15) is 33.5 Å². The van der Waals surface area contributed by atoms with Crippen molar-refractivity contribution in [1.82, 2.24) is 29.6 Å². The van der Waals surface area contributed by atoms with Gasteiger partial charge in [-0.2, -0.15) is 5.10 Å². The molecule has 1 aliphatic rings. The molecule has 6 rings (SSSR count). The molecule has 5 aromatic rings. The van der Waals surface area contributed by atoms with E-state index in [1.807, 2.05) is 54.1 Å². The number of aryl methyl sites for hydroxylation is 1. The van der Waals surface area contributed by atoms with E-state index in [1.54, 1.807) is 35.5 Å². The van der Waals surface area contributed by atoms with Crippen LogP contribution < -0.4 is 5.32 Å². The predicted octanol–water partition coefficient (Wildman–Crippen LogP) is 4.90. The molecule has 36 heavy (non-hydrogen) atoms. The average Bonchev–Trinajstić information content (AvgIpc) is 3.55. The Labute approximate surface area is 211 Å². The molecule has 4 heterocycles. The largest absolute Gasteiger partial charge is 0.338 e. The Balaban J connectivity index is 1.37.